The molecule has 6 heteroatoms. The first-order chi connectivity index (χ1) is 14.1. The van der Waals surface area contributed by atoms with Gasteiger partial charge in [-0.1, -0.05) is 48.0 Å². The summed E-state index contributed by atoms with van der Waals surface area (Å²) in [7, 11) is 0. The minimum Gasteiger partial charge on any atom is -0.350 e. The fourth-order valence-electron chi connectivity index (χ4n) is 3.57. The third-order valence-electron chi connectivity index (χ3n) is 5.05. The van der Waals surface area contributed by atoms with Crippen LogP contribution in [0.1, 0.15) is 33.1 Å². The van der Waals surface area contributed by atoms with E-state index in [1.807, 2.05) is 54.6 Å². The lowest BCUT2D eigenvalue weighted by molar-refractivity contribution is -0.125. The van der Waals surface area contributed by atoms with Gasteiger partial charge in [0.05, 0.1) is 0 Å². The number of carbonyl (C=O) groups excluding carboxylic acids is 2. The second kappa shape index (κ2) is 8.45. The number of benzene rings is 2. The average molecular weight is 406 g/mol. The normalized spacial score (nSPS) is 15.3. The summed E-state index contributed by atoms with van der Waals surface area (Å²) in [5, 5.41) is 3.62. The van der Waals surface area contributed by atoms with Crippen molar-refractivity contribution in [2.75, 3.05) is 6.54 Å². The van der Waals surface area contributed by atoms with Gasteiger partial charge in [0.1, 0.15) is 6.04 Å². The van der Waals surface area contributed by atoms with E-state index in [0.29, 0.717) is 30.1 Å². The van der Waals surface area contributed by atoms with E-state index in [1.54, 1.807) is 23.4 Å². The third kappa shape index (κ3) is 4.15. The summed E-state index contributed by atoms with van der Waals surface area (Å²) >= 11 is 5.95. The highest BCUT2D eigenvalue weighted by Crippen LogP contribution is 2.34. The Hall–Kier alpha value is -3.18. The molecule has 2 amide bonds. The van der Waals surface area contributed by atoms with E-state index < -0.39 is 6.04 Å². The number of hydrogen-bond acceptors (Lipinski definition) is 3. The summed E-state index contributed by atoms with van der Waals surface area (Å²) in [6.45, 7) is 0.810. The van der Waals surface area contributed by atoms with Gasteiger partial charge < -0.3 is 10.2 Å². The molecule has 1 aliphatic heterocycles. The first-order valence-electron chi connectivity index (χ1n) is 9.44. The largest absolute Gasteiger partial charge is 0.350 e. The van der Waals surface area contributed by atoms with Crippen molar-refractivity contribution in [1.29, 1.82) is 0 Å². The quantitative estimate of drug-likeness (QED) is 0.678. The number of amides is 2. The van der Waals surface area contributed by atoms with Crippen molar-refractivity contribution in [3.63, 3.8) is 0 Å². The zero-order valence-electron chi connectivity index (χ0n) is 15.7. The second-order valence-electron chi connectivity index (χ2n) is 6.94. The lowest BCUT2D eigenvalue weighted by atomic mass is 10.0. The number of fused-ring (bicyclic) bond motifs is 1. The Morgan fingerprint density at radius 1 is 1.03 bits per heavy atom. The van der Waals surface area contributed by atoms with Crippen molar-refractivity contribution in [2.24, 2.45) is 0 Å². The molecule has 2 aromatic carbocycles. The van der Waals surface area contributed by atoms with Crippen molar-refractivity contribution in [1.82, 2.24) is 15.2 Å². The van der Waals surface area contributed by atoms with Gasteiger partial charge >= 0.3 is 0 Å². The van der Waals surface area contributed by atoms with Crippen LogP contribution in [0, 0.1) is 0 Å². The molecule has 0 aliphatic carbocycles. The molecule has 0 radical (unpaired) electrons. The highest BCUT2D eigenvalue weighted by molar-refractivity contribution is 6.30. The first kappa shape index (κ1) is 19.2. The summed E-state index contributed by atoms with van der Waals surface area (Å²) < 4.78 is 0. The van der Waals surface area contributed by atoms with Crippen LogP contribution >= 0.6 is 11.6 Å². The Bertz CT molecular complexity index is 1020. The molecule has 4 rings (SSSR count). The minimum absolute atomic E-state index is 0.115. The van der Waals surface area contributed by atoms with Gasteiger partial charge in [0.2, 0.25) is 5.91 Å². The fraction of sp³-hybridized carbons (Fsp3) is 0.174. The number of rotatable bonds is 6. The van der Waals surface area contributed by atoms with Gasteiger partial charge in [0, 0.05) is 36.1 Å². The number of pyridine rings is 1. The van der Waals surface area contributed by atoms with Gasteiger partial charge in [-0.25, -0.2) is 0 Å². The average Bonchev–Trinajstić information content (AvgIpc) is 3.04. The predicted octanol–water partition coefficient (Wildman–Crippen LogP) is 3.79. The Kier molecular flexibility index (Phi) is 5.58. The summed E-state index contributed by atoms with van der Waals surface area (Å²) in [6.07, 6.45) is 4.05. The highest BCUT2D eigenvalue weighted by atomic mass is 35.5. The van der Waals surface area contributed by atoms with E-state index in [-0.39, 0.29) is 11.8 Å². The standard InChI is InChI=1S/C23H20ClN3O2/c24-18-9-7-16(8-10-18)11-13-27-21(19-5-1-2-6-20(19)23(27)29)22(28)26-15-17-4-3-12-25-14-17/h1-10,12,14,21H,11,13,15H2,(H,26,28). The van der Waals surface area contributed by atoms with Crippen LogP contribution < -0.4 is 5.32 Å². The van der Waals surface area contributed by atoms with E-state index in [9.17, 15) is 9.59 Å². The van der Waals surface area contributed by atoms with Gasteiger partial charge in [0.15, 0.2) is 0 Å². The molecule has 0 bridgehead atoms. The number of aromatic nitrogens is 1. The molecule has 3 aromatic rings. The first-order valence-corrected chi connectivity index (χ1v) is 9.82. The monoisotopic (exact) mass is 405 g/mol. The second-order valence-corrected chi connectivity index (χ2v) is 7.38. The number of carbonyl (C=O) groups is 2. The van der Waals surface area contributed by atoms with E-state index in [0.717, 1.165) is 16.7 Å². The van der Waals surface area contributed by atoms with E-state index in [4.69, 9.17) is 11.6 Å². The van der Waals surface area contributed by atoms with Crippen LogP contribution in [-0.4, -0.2) is 28.2 Å². The molecule has 0 spiro atoms. The molecule has 1 aliphatic rings. The number of nitrogens with one attached hydrogen (secondary N) is 1. The van der Waals surface area contributed by atoms with Gasteiger partial charge in [-0.2, -0.15) is 0 Å². The molecule has 1 atom stereocenters. The maximum Gasteiger partial charge on any atom is 0.255 e. The topological polar surface area (TPSA) is 62.3 Å². The SMILES string of the molecule is O=C(NCc1cccnc1)C1c2ccccc2C(=O)N1CCc1ccc(Cl)cc1. The molecule has 0 saturated heterocycles. The van der Waals surface area contributed by atoms with E-state index in [2.05, 4.69) is 10.3 Å². The highest BCUT2D eigenvalue weighted by Gasteiger charge is 2.40. The lowest BCUT2D eigenvalue weighted by Gasteiger charge is -2.24. The zero-order valence-corrected chi connectivity index (χ0v) is 16.5. The van der Waals surface area contributed by atoms with Crippen molar-refractivity contribution in [3.05, 3.63) is 100 Å². The van der Waals surface area contributed by atoms with Crippen LogP contribution in [0.2, 0.25) is 5.02 Å². The number of halogens is 1. The van der Waals surface area contributed by atoms with Crippen molar-refractivity contribution >= 4 is 23.4 Å². The molecule has 0 fully saturated rings. The molecule has 29 heavy (non-hydrogen) atoms. The van der Waals surface area contributed by atoms with E-state index >= 15 is 0 Å². The minimum atomic E-state index is -0.636. The summed E-state index contributed by atoms with van der Waals surface area (Å²) in [5.41, 5.74) is 3.31. The zero-order chi connectivity index (χ0) is 20.2. The van der Waals surface area contributed by atoms with Crippen LogP contribution in [0.25, 0.3) is 0 Å². The Morgan fingerprint density at radius 3 is 2.59 bits per heavy atom. The molecule has 1 N–H and O–H groups in total. The maximum absolute atomic E-state index is 13.1. The lowest BCUT2D eigenvalue weighted by Crippen LogP contribution is -2.39. The molecular formula is C23H20ClN3O2. The maximum atomic E-state index is 13.1. The smallest absolute Gasteiger partial charge is 0.255 e. The number of nitrogens with zero attached hydrogens (tertiary/aromatic N) is 2. The molecule has 2 heterocycles. The molecule has 5 nitrogen and oxygen atoms in total. The Morgan fingerprint density at radius 2 is 1.83 bits per heavy atom. The molecule has 0 saturated carbocycles. The summed E-state index contributed by atoms with van der Waals surface area (Å²) in [4.78, 5) is 31.7. The molecule has 1 aromatic heterocycles. The van der Waals surface area contributed by atoms with Crippen LogP contribution in [0.3, 0.4) is 0 Å². The van der Waals surface area contributed by atoms with Gasteiger partial charge in [0.25, 0.3) is 5.91 Å². The fourth-order valence-corrected chi connectivity index (χ4v) is 3.70. The number of hydrogen-bond donors (Lipinski definition) is 1. The van der Waals surface area contributed by atoms with Crippen LogP contribution in [0.5, 0.6) is 0 Å². The Labute approximate surface area is 174 Å². The third-order valence-corrected chi connectivity index (χ3v) is 5.30. The molecular weight excluding hydrogens is 386 g/mol. The summed E-state index contributed by atoms with van der Waals surface area (Å²) in [6, 6.07) is 17.9. The Balaban J connectivity index is 1.53. The molecule has 146 valence electrons. The van der Waals surface area contributed by atoms with Crippen molar-refractivity contribution < 1.29 is 9.59 Å². The van der Waals surface area contributed by atoms with Gasteiger partial charge in [-0.3, -0.25) is 14.6 Å². The van der Waals surface area contributed by atoms with E-state index in [1.165, 1.54) is 0 Å². The predicted molar refractivity (Wildman–Crippen MR) is 111 cm³/mol. The van der Waals surface area contributed by atoms with Gasteiger partial charge in [-0.05, 0) is 47.4 Å². The van der Waals surface area contributed by atoms with Crippen LogP contribution in [-0.2, 0) is 17.8 Å². The van der Waals surface area contributed by atoms with Gasteiger partial charge in [-0.15, -0.1) is 0 Å². The van der Waals surface area contributed by atoms with Crippen LogP contribution in [0.4, 0.5) is 0 Å². The van der Waals surface area contributed by atoms with Crippen molar-refractivity contribution in [3.8, 4) is 0 Å². The van der Waals surface area contributed by atoms with Crippen molar-refractivity contribution in [2.45, 2.75) is 19.0 Å². The summed E-state index contributed by atoms with van der Waals surface area (Å²) in [5.74, 6) is -0.306. The van der Waals surface area contributed by atoms with Crippen LogP contribution in [0.15, 0.2) is 73.1 Å². The molecule has 1 unspecified atom stereocenters.